The van der Waals surface area contributed by atoms with E-state index in [9.17, 15) is 9.59 Å². The van der Waals surface area contributed by atoms with Gasteiger partial charge in [-0.2, -0.15) is 0 Å². The average molecular weight is 472 g/mol. The quantitative estimate of drug-likeness (QED) is 0.558. The molecular formula is C26H37N3O3S. The summed E-state index contributed by atoms with van der Waals surface area (Å²) in [5, 5.41) is 5.03. The van der Waals surface area contributed by atoms with Crippen LogP contribution in [0.25, 0.3) is 0 Å². The second-order valence-electron chi connectivity index (χ2n) is 9.27. The van der Waals surface area contributed by atoms with Crippen LogP contribution in [0.1, 0.15) is 56.2 Å². The van der Waals surface area contributed by atoms with Crippen LogP contribution in [0.15, 0.2) is 35.7 Å². The fourth-order valence-corrected chi connectivity index (χ4v) is 4.93. The second-order valence-corrected chi connectivity index (χ2v) is 10.3. The SMILES string of the molecule is CC[C@H](C)CN(CC(=O)N1CCc2sccc2[C@H]1COc1ccc(C)cc1)C(=O)NC(C)C. The number of aryl methyl sites for hydroxylation is 1. The molecule has 1 aromatic carbocycles. The Kier molecular flexibility index (Phi) is 8.78. The van der Waals surface area contributed by atoms with Crippen molar-refractivity contribution in [3.63, 3.8) is 0 Å². The minimum absolute atomic E-state index is 0.0195. The van der Waals surface area contributed by atoms with Crippen LogP contribution in [0, 0.1) is 12.8 Å². The first kappa shape index (κ1) is 25.1. The summed E-state index contributed by atoms with van der Waals surface area (Å²) in [6, 6.07) is 9.75. The van der Waals surface area contributed by atoms with Crippen LogP contribution < -0.4 is 10.1 Å². The van der Waals surface area contributed by atoms with Crippen LogP contribution in [-0.2, 0) is 11.2 Å². The third-order valence-corrected chi connectivity index (χ3v) is 7.10. The van der Waals surface area contributed by atoms with Gasteiger partial charge in [0.25, 0.3) is 0 Å². The van der Waals surface area contributed by atoms with Crippen LogP contribution in [0.3, 0.4) is 0 Å². The summed E-state index contributed by atoms with van der Waals surface area (Å²) < 4.78 is 6.11. The van der Waals surface area contributed by atoms with Crippen molar-refractivity contribution in [2.75, 3.05) is 26.2 Å². The van der Waals surface area contributed by atoms with Crippen molar-refractivity contribution >= 4 is 23.3 Å². The van der Waals surface area contributed by atoms with Gasteiger partial charge in [0.15, 0.2) is 0 Å². The van der Waals surface area contributed by atoms with E-state index in [1.54, 1.807) is 16.2 Å². The first-order chi connectivity index (χ1) is 15.8. The lowest BCUT2D eigenvalue weighted by atomic mass is 10.00. The van der Waals surface area contributed by atoms with Gasteiger partial charge in [-0.25, -0.2) is 4.79 Å². The number of hydrogen-bond acceptors (Lipinski definition) is 4. The largest absolute Gasteiger partial charge is 0.491 e. The fraction of sp³-hybridized carbons (Fsp3) is 0.538. The molecule has 1 aromatic heterocycles. The molecule has 2 aromatic rings. The fourth-order valence-electron chi connectivity index (χ4n) is 4.00. The standard InChI is InChI=1S/C26H37N3O3S/c1-6-19(4)15-28(26(31)27-18(2)3)16-25(30)29-13-11-24-22(12-14-33-24)23(29)17-32-21-9-7-20(5)8-10-21/h7-10,12,14,18-19,23H,6,11,13,15-17H2,1-5H3,(H,27,31)/t19-,23+/m0/s1. The van der Waals surface area contributed by atoms with E-state index < -0.39 is 0 Å². The Balaban J connectivity index is 1.76. The zero-order chi connectivity index (χ0) is 24.0. The minimum atomic E-state index is -0.181. The Morgan fingerprint density at radius 2 is 1.94 bits per heavy atom. The van der Waals surface area contributed by atoms with Gasteiger partial charge in [-0.15, -0.1) is 11.3 Å². The van der Waals surface area contributed by atoms with Crippen LogP contribution in [0.4, 0.5) is 4.79 Å². The van der Waals surface area contributed by atoms with Gasteiger partial charge in [-0.1, -0.05) is 38.0 Å². The number of nitrogens with zero attached hydrogens (tertiary/aromatic N) is 2. The van der Waals surface area contributed by atoms with Crippen molar-refractivity contribution in [2.45, 2.75) is 59.5 Å². The summed E-state index contributed by atoms with van der Waals surface area (Å²) in [6.45, 7) is 11.8. The Hall–Kier alpha value is -2.54. The highest BCUT2D eigenvalue weighted by Crippen LogP contribution is 2.34. The van der Waals surface area contributed by atoms with Gasteiger partial charge in [-0.3, -0.25) is 4.79 Å². The summed E-state index contributed by atoms with van der Waals surface area (Å²) >= 11 is 1.74. The molecule has 1 aliphatic rings. The van der Waals surface area contributed by atoms with E-state index in [4.69, 9.17) is 4.74 Å². The van der Waals surface area contributed by atoms with E-state index in [2.05, 4.69) is 30.6 Å². The molecule has 0 saturated carbocycles. The van der Waals surface area contributed by atoms with Gasteiger partial charge in [-0.05, 0) is 62.3 Å². The number of carbonyl (C=O) groups excluding carboxylic acids is 2. The summed E-state index contributed by atoms with van der Waals surface area (Å²) in [4.78, 5) is 31.2. The van der Waals surface area contributed by atoms with Crippen molar-refractivity contribution in [2.24, 2.45) is 5.92 Å². The maximum Gasteiger partial charge on any atom is 0.318 e. The third-order valence-electron chi connectivity index (χ3n) is 6.10. The highest BCUT2D eigenvalue weighted by molar-refractivity contribution is 7.10. The molecule has 3 rings (SSSR count). The van der Waals surface area contributed by atoms with Crippen molar-refractivity contribution < 1.29 is 14.3 Å². The molecule has 180 valence electrons. The molecule has 2 heterocycles. The predicted molar refractivity (Wildman–Crippen MR) is 134 cm³/mol. The highest BCUT2D eigenvalue weighted by atomic mass is 32.1. The number of carbonyl (C=O) groups is 2. The molecular weight excluding hydrogens is 434 g/mol. The van der Waals surface area contributed by atoms with E-state index in [-0.39, 0.29) is 30.6 Å². The molecule has 33 heavy (non-hydrogen) atoms. The van der Waals surface area contributed by atoms with E-state index in [1.807, 2.05) is 49.9 Å². The summed E-state index contributed by atoms with van der Waals surface area (Å²) in [5.74, 6) is 1.08. The number of ether oxygens (including phenoxy) is 1. The van der Waals surface area contributed by atoms with Gasteiger partial charge in [0.2, 0.25) is 5.91 Å². The molecule has 0 radical (unpaired) electrons. The Labute approximate surface area is 201 Å². The molecule has 0 saturated heterocycles. The molecule has 7 heteroatoms. The first-order valence-electron chi connectivity index (χ1n) is 11.9. The van der Waals surface area contributed by atoms with Crippen LogP contribution in [0.2, 0.25) is 0 Å². The monoisotopic (exact) mass is 471 g/mol. The highest BCUT2D eigenvalue weighted by Gasteiger charge is 2.33. The zero-order valence-electron chi connectivity index (χ0n) is 20.5. The van der Waals surface area contributed by atoms with Gasteiger partial charge >= 0.3 is 6.03 Å². The van der Waals surface area contributed by atoms with Crippen LogP contribution in [-0.4, -0.2) is 54.0 Å². The number of hydrogen-bond donors (Lipinski definition) is 1. The summed E-state index contributed by atoms with van der Waals surface area (Å²) in [7, 11) is 0. The molecule has 6 nitrogen and oxygen atoms in total. The molecule has 1 N–H and O–H groups in total. The van der Waals surface area contributed by atoms with Crippen molar-refractivity contribution in [3.8, 4) is 5.75 Å². The molecule has 1 aliphatic heterocycles. The van der Waals surface area contributed by atoms with E-state index in [0.717, 1.165) is 24.2 Å². The van der Waals surface area contributed by atoms with Crippen molar-refractivity contribution in [1.82, 2.24) is 15.1 Å². The lowest BCUT2D eigenvalue weighted by Crippen LogP contribution is -2.51. The normalized spacial score (nSPS) is 16.3. The lowest BCUT2D eigenvalue weighted by Gasteiger charge is -2.37. The van der Waals surface area contributed by atoms with Gasteiger partial charge < -0.3 is 19.9 Å². The molecule has 2 atom stereocenters. The van der Waals surface area contributed by atoms with E-state index in [0.29, 0.717) is 25.6 Å². The van der Waals surface area contributed by atoms with Crippen LogP contribution in [0.5, 0.6) is 5.75 Å². The lowest BCUT2D eigenvalue weighted by molar-refractivity contribution is -0.135. The predicted octanol–water partition coefficient (Wildman–Crippen LogP) is 5.03. The number of rotatable bonds is 9. The zero-order valence-corrected chi connectivity index (χ0v) is 21.3. The van der Waals surface area contributed by atoms with Gasteiger partial charge in [0.05, 0.1) is 6.04 Å². The smallest absolute Gasteiger partial charge is 0.318 e. The van der Waals surface area contributed by atoms with Crippen molar-refractivity contribution in [1.29, 1.82) is 0 Å². The second kappa shape index (κ2) is 11.5. The van der Waals surface area contributed by atoms with E-state index in [1.165, 1.54) is 10.4 Å². The topological polar surface area (TPSA) is 61.9 Å². The first-order valence-corrected chi connectivity index (χ1v) is 12.8. The maximum absolute atomic E-state index is 13.5. The average Bonchev–Trinajstić information content (AvgIpc) is 3.26. The molecule has 0 fully saturated rings. The summed E-state index contributed by atoms with van der Waals surface area (Å²) in [5.41, 5.74) is 2.34. The molecule has 0 aliphatic carbocycles. The number of fused-ring (bicyclic) bond motifs is 1. The molecule has 0 spiro atoms. The Morgan fingerprint density at radius 1 is 1.21 bits per heavy atom. The van der Waals surface area contributed by atoms with Crippen molar-refractivity contribution in [3.05, 3.63) is 51.7 Å². The molecule has 0 bridgehead atoms. The van der Waals surface area contributed by atoms with Gasteiger partial charge in [0, 0.05) is 24.0 Å². The Morgan fingerprint density at radius 3 is 2.61 bits per heavy atom. The number of nitrogens with one attached hydrogen (secondary N) is 1. The van der Waals surface area contributed by atoms with Crippen LogP contribution >= 0.6 is 11.3 Å². The van der Waals surface area contributed by atoms with Gasteiger partial charge in [0.1, 0.15) is 18.9 Å². The number of benzene rings is 1. The number of amides is 3. The van der Waals surface area contributed by atoms with E-state index >= 15 is 0 Å². The summed E-state index contributed by atoms with van der Waals surface area (Å²) in [6.07, 6.45) is 1.79. The Bertz CT molecular complexity index is 925. The number of urea groups is 1. The maximum atomic E-state index is 13.5. The molecule has 0 unspecified atom stereocenters. The molecule has 3 amide bonds. The third kappa shape index (κ3) is 6.73. The number of thiophene rings is 1. The minimum Gasteiger partial charge on any atom is -0.491 e.